The first-order valence-electron chi connectivity index (χ1n) is 14.1. The second kappa shape index (κ2) is 12.2. The minimum absolute atomic E-state index is 0.0600. The molecule has 13 heteroatoms. The highest BCUT2D eigenvalue weighted by Crippen LogP contribution is 2.42. The fraction of sp³-hybridized carbons (Fsp3) is 0.323. The molecule has 1 aromatic heterocycles. The first-order chi connectivity index (χ1) is 21.3. The van der Waals surface area contributed by atoms with Crippen LogP contribution in [0.5, 0.6) is 23.0 Å². The number of phenols is 1. The normalized spacial score (nSPS) is 16.1. The molecule has 228 valence electrons. The van der Waals surface area contributed by atoms with Crippen LogP contribution < -0.4 is 24.4 Å². The zero-order valence-electron chi connectivity index (χ0n) is 24.2. The Morgan fingerprint density at radius 1 is 1.14 bits per heavy atom. The Kier molecular flexibility index (Phi) is 8.03. The van der Waals surface area contributed by atoms with E-state index in [9.17, 15) is 19.5 Å². The van der Waals surface area contributed by atoms with Crippen molar-refractivity contribution in [3.05, 3.63) is 65.7 Å². The molecule has 0 saturated carbocycles. The molecule has 2 atom stereocenters. The van der Waals surface area contributed by atoms with E-state index in [1.807, 2.05) is 6.07 Å². The number of ether oxygens (including phenoxy) is 4. The number of ketones is 1. The van der Waals surface area contributed by atoms with Crippen LogP contribution in [-0.2, 0) is 20.9 Å². The van der Waals surface area contributed by atoms with Crippen molar-refractivity contribution >= 4 is 34.3 Å². The van der Waals surface area contributed by atoms with E-state index < -0.39 is 17.9 Å². The highest BCUT2D eigenvalue weighted by Gasteiger charge is 2.37. The van der Waals surface area contributed by atoms with Gasteiger partial charge in [-0.15, -0.1) is 5.10 Å². The smallest absolute Gasteiger partial charge is 0.249 e. The number of phenolic OH excluding ortho intramolecular Hbond substituents is 1. The molecule has 44 heavy (non-hydrogen) atoms. The fourth-order valence-corrected chi connectivity index (χ4v) is 5.47. The number of aromatic nitrogens is 3. The van der Waals surface area contributed by atoms with Crippen molar-refractivity contribution in [2.45, 2.75) is 38.5 Å². The van der Waals surface area contributed by atoms with E-state index in [2.05, 4.69) is 15.6 Å². The van der Waals surface area contributed by atoms with Gasteiger partial charge in [0.2, 0.25) is 18.6 Å². The van der Waals surface area contributed by atoms with Crippen LogP contribution in [0.1, 0.15) is 41.7 Å². The number of para-hydroxylation sites is 1. The molecule has 3 aromatic carbocycles. The molecule has 13 nitrogen and oxygen atoms in total. The lowest BCUT2D eigenvalue weighted by atomic mass is 9.99. The number of nitrogens with zero attached hydrogens (tertiary/aromatic N) is 4. The Bertz CT molecular complexity index is 1730. The molecule has 1 fully saturated rings. The minimum Gasteiger partial charge on any atom is -0.504 e. The number of hydrogen-bond acceptors (Lipinski definition) is 10. The van der Waals surface area contributed by atoms with E-state index in [0.29, 0.717) is 34.7 Å². The van der Waals surface area contributed by atoms with Crippen LogP contribution in [0.25, 0.3) is 11.0 Å². The maximum atomic E-state index is 14.5. The first-order valence-corrected chi connectivity index (χ1v) is 14.1. The molecule has 0 radical (unpaired) electrons. The third-order valence-corrected chi connectivity index (χ3v) is 7.66. The summed E-state index contributed by atoms with van der Waals surface area (Å²) in [6.45, 7) is 1.83. The molecule has 4 aromatic rings. The second-order valence-electron chi connectivity index (χ2n) is 10.5. The molecule has 1 saturated heterocycles. The average molecular weight is 602 g/mol. The van der Waals surface area contributed by atoms with E-state index in [1.165, 1.54) is 53.9 Å². The molecule has 0 spiro atoms. The molecule has 2 amide bonds. The lowest BCUT2D eigenvalue weighted by Crippen LogP contribution is -2.47. The lowest BCUT2D eigenvalue weighted by Gasteiger charge is -2.33. The van der Waals surface area contributed by atoms with E-state index in [0.717, 1.165) is 12.8 Å². The Labute approximate surface area is 252 Å². The van der Waals surface area contributed by atoms with Crippen LogP contribution >= 0.6 is 0 Å². The third kappa shape index (κ3) is 5.61. The van der Waals surface area contributed by atoms with Crippen molar-refractivity contribution in [3.8, 4) is 23.0 Å². The standard InChI is InChI=1S/C31H31N5O8/c1-18(37)21-13-27-28(44-17-43-27)14-24(21)36(29(39)16-35-23-8-4-3-7-22(23)33-34-35)30(19-9-10-25(38)26(12-19)41-2)31(40)32-15-20-6-5-11-42-20/h3-4,7-10,12-14,20,30,38H,5-6,11,15-17H2,1-2H3,(H,32,40)/t20-,30+/m1/s1. The van der Waals surface area contributed by atoms with Gasteiger partial charge in [-0.2, -0.15) is 0 Å². The molecule has 0 aliphatic carbocycles. The van der Waals surface area contributed by atoms with Crippen LogP contribution in [-0.4, -0.2) is 70.9 Å². The van der Waals surface area contributed by atoms with Crippen LogP contribution in [0, 0.1) is 0 Å². The molecule has 2 aliphatic heterocycles. The van der Waals surface area contributed by atoms with E-state index >= 15 is 0 Å². The first kappa shape index (κ1) is 28.9. The number of anilines is 1. The number of fused-ring (bicyclic) bond motifs is 2. The summed E-state index contributed by atoms with van der Waals surface area (Å²) in [6, 6.07) is 13.3. The highest BCUT2D eigenvalue weighted by molar-refractivity contribution is 6.08. The van der Waals surface area contributed by atoms with E-state index in [4.69, 9.17) is 18.9 Å². The number of benzene rings is 3. The number of nitrogens with one attached hydrogen (secondary N) is 1. The number of hydrogen-bond donors (Lipinski definition) is 2. The Morgan fingerprint density at radius 3 is 2.68 bits per heavy atom. The third-order valence-electron chi connectivity index (χ3n) is 7.66. The Balaban J connectivity index is 1.50. The van der Waals surface area contributed by atoms with Gasteiger partial charge in [-0.3, -0.25) is 19.3 Å². The SMILES string of the molecule is COc1cc([C@@H](C(=O)NC[C@H]2CCCO2)N(C(=O)Cn2nnc3ccccc32)c2cc3c(cc2C(C)=O)OCO3)ccc1O. The summed E-state index contributed by atoms with van der Waals surface area (Å²) in [6.07, 6.45) is 1.50. The van der Waals surface area contributed by atoms with Crippen LogP contribution in [0.15, 0.2) is 54.6 Å². The average Bonchev–Trinajstić information content (AvgIpc) is 3.80. The summed E-state index contributed by atoms with van der Waals surface area (Å²) < 4.78 is 23.6. The molecule has 6 rings (SSSR count). The van der Waals surface area contributed by atoms with Crippen molar-refractivity contribution in [1.29, 1.82) is 0 Å². The van der Waals surface area contributed by atoms with Crippen molar-refractivity contribution in [2.24, 2.45) is 0 Å². The second-order valence-corrected chi connectivity index (χ2v) is 10.5. The van der Waals surface area contributed by atoms with Gasteiger partial charge in [0, 0.05) is 24.8 Å². The van der Waals surface area contributed by atoms with Crippen LogP contribution in [0.2, 0.25) is 0 Å². The maximum absolute atomic E-state index is 14.5. The van der Waals surface area contributed by atoms with Gasteiger partial charge in [-0.05, 0) is 55.7 Å². The van der Waals surface area contributed by atoms with Gasteiger partial charge in [-0.1, -0.05) is 23.4 Å². The zero-order chi connectivity index (χ0) is 30.8. The quantitative estimate of drug-likeness (QED) is 0.259. The molecular weight excluding hydrogens is 570 g/mol. The summed E-state index contributed by atoms with van der Waals surface area (Å²) in [7, 11) is 1.38. The molecule has 0 bridgehead atoms. The summed E-state index contributed by atoms with van der Waals surface area (Å²) >= 11 is 0. The summed E-state index contributed by atoms with van der Waals surface area (Å²) in [5.74, 6) is -0.830. The molecule has 2 aliphatic rings. The van der Waals surface area contributed by atoms with Gasteiger partial charge in [0.15, 0.2) is 28.8 Å². The van der Waals surface area contributed by atoms with Crippen LogP contribution in [0.4, 0.5) is 5.69 Å². The Morgan fingerprint density at radius 2 is 1.93 bits per heavy atom. The molecule has 2 N–H and O–H groups in total. The van der Waals surface area contributed by atoms with Gasteiger partial charge < -0.3 is 29.4 Å². The monoisotopic (exact) mass is 601 g/mol. The number of Topliss-reactive ketones (excluding diaryl/α,β-unsaturated/α-hetero) is 1. The predicted octanol–water partition coefficient (Wildman–Crippen LogP) is 3.15. The Hall–Kier alpha value is -5.17. The van der Waals surface area contributed by atoms with Gasteiger partial charge in [0.1, 0.15) is 18.1 Å². The van der Waals surface area contributed by atoms with Gasteiger partial charge >= 0.3 is 0 Å². The minimum atomic E-state index is -1.31. The number of carbonyl (C=O) groups excluding carboxylic acids is 3. The largest absolute Gasteiger partial charge is 0.504 e. The number of methoxy groups -OCH3 is 1. The van der Waals surface area contributed by atoms with E-state index in [-0.39, 0.29) is 54.5 Å². The van der Waals surface area contributed by atoms with Gasteiger partial charge in [0.25, 0.3) is 0 Å². The predicted molar refractivity (Wildman–Crippen MR) is 157 cm³/mol. The zero-order valence-corrected chi connectivity index (χ0v) is 24.2. The lowest BCUT2D eigenvalue weighted by molar-refractivity contribution is -0.127. The van der Waals surface area contributed by atoms with Gasteiger partial charge in [-0.25, -0.2) is 4.68 Å². The topological polar surface area (TPSA) is 154 Å². The fourth-order valence-electron chi connectivity index (χ4n) is 5.47. The molecular formula is C31H31N5O8. The van der Waals surface area contributed by atoms with Gasteiger partial charge in [0.05, 0.1) is 24.4 Å². The molecule has 3 heterocycles. The number of amides is 2. The highest BCUT2D eigenvalue weighted by atomic mass is 16.7. The number of carbonyl (C=O) groups is 3. The summed E-state index contributed by atoms with van der Waals surface area (Å²) in [5, 5.41) is 21.6. The maximum Gasteiger partial charge on any atom is 0.249 e. The van der Waals surface area contributed by atoms with Crippen molar-refractivity contribution in [3.63, 3.8) is 0 Å². The number of aromatic hydroxyl groups is 1. The van der Waals surface area contributed by atoms with Crippen LogP contribution in [0.3, 0.4) is 0 Å². The van der Waals surface area contributed by atoms with Crippen molar-refractivity contribution < 1.29 is 38.4 Å². The summed E-state index contributed by atoms with van der Waals surface area (Å²) in [5.41, 5.74) is 1.82. The van der Waals surface area contributed by atoms with Crippen molar-refractivity contribution in [1.82, 2.24) is 20.3 Å². The summed E-state index contributed by atoms with van der Waals surface area (Å²) in [4.78, 5) is 43.0. The number of rotatable bonds is 10. The van der Waals surface area contributed by atoms with E-state index in [1.54, 1.807) is 18.2 Å². The molecule has 0 unspecified atom stereocenters. The van der Waals surface area contributed by atoms with Crippen molar-refractivity contribution in [2.75, 3.05) is 32.0 Å².